The molecule has 0 saturated carbocycles. The molecule has 1 amide bonds. The molecule has 0 spiro atoms. The van der Waals surface area contributed by atoms with E-state index in [-0.39, 0.29) is 36.6 Å². The van der Waals surface area contributed by atoms with Crippen molar-refractivity contribution in [2.75, 3.05) is 20.3 Å². The van der Waals surface area contributed by atoms with E-state index >= 15 is 0 Å². The highest BCUT2D eigenvalue weighted by atomic mass is 19.1. The Morgan fingerprint density at radius 3 is 2.54 bits per heavy atom. The Labute approximate surface area is 152 Å². The molecule has 0 radical (unpaired) electrons. The van der Waals surface area contributed by atoms with Crippen molar-refractivity contribution in [2.45, 2.75) is 38.6 Å². The van der Waals surface area contributed by atoms with Crippen LogP contribution in [0.5, 0.6) is 0 Å². The lowest BCUT2D eigenvalue weighted by molar-refractivity contribution is -0.146. The Balaban J connectivity index is 2.08. The molecule has 7 heteroatoms. The molecule has 26 heavy (non-hydrogen) atoms. The number of benzene rings is 1. The van der Waals surface area contributed by atoms with Gasteiger partial charge in [0.05, 0.1) is 13.7 Å². The second-order valence-corrected chi connectivity index (χ2v) is 6.32. The Bertz CT molecular complexity index is 646. The number of methoxy groups -OCH3 is 1. The number of halogens is 1. The van der Waals surface area contributed by atoms with Gasteiger partial charge in [0, 0.05) is 18.5 Å². The predicted molar refractivity (Wildman–Crippen MR) is 92.0 cm³/mol. The molecule has 0 N–H and O–H groups in total. The van der Waals surface area contributed by atoms with E-state index in [2.05, 4.69) is 0 Å². The zero-order valence-corrected chi connectivity index (χ0v) is 15.1. The van der Waals surface area contributed by atoms with E-state index in [1.54, 1.807) is 24.0 Å². The van der Waals surface area contributed by atoms with Gasteiger partial charge in [0.25, 0.3) is 0 Å². The number of carbonyl (C=O) groups is 3. The first-order valence-corrected chi connectivity index (χ1v) is 8.72. The van der Waals surface area contributed by atoms with E-state index in [1.165, 1.54) is 19.2 Å². The first kappa shape index (κ1) is 19.9. The number of ketones is 1. The molecule has 0 bridgehead atoms. The van der Waals surface area contributed by atoms with E-state index in [4.69, 9.17) is 9.47 Å². The van der Waals surface area contributed by atoms with Crippen LogP contribution < -0.4 is 0 Å². The zero-order chi connectivity index (χ0) is 19.1. The van der Waals surface area contributed by atoms with E-state index in [9.17, 15) is 18.8 Å². The first-order valence-electron chi connectivity index (χ1n) is 8.72. The van der Waals surface area contributed by atoms with Crippen molar-refractivity contribution in [3.05, 3.63) is 35.6 Å². The maximum absolute atomic E-state index is 13.1. The summed E-state index contributed by atoms with van der Waals surface area (Å²) in [6, 6.07) is 5.80. The van der Waals surface area contributed by atoms with Crippen molar-refractivity contribution in [2.24, 2.45) is 5.92 Å². The predicted octanol–water partition coefficient (Wildman–Crippen LogP) is 2.74. The fraction of sp³-hybridized carbons (Fsp3) is 0.526. The van der Waals surface area contributed by atoms with Crippen LogP contribution >= 0.6 is 0 Å². The number of hydrogen-bond donors (Lipinski definition) is 0. The molecule has 1 aliphatic rings. The lowest BCUT2D eigenvalue weighted by Crippen LogP contribution is -2.48. The summed E-state index contributed by atoms with van der Waals surface area (Å²) in [6.45, 7) is 2.30. The van der Waals surface area contributed by atoms with Gasteiger partial charge in [-0.3, -0.25) is 9.59 Å². The summed E-state index contributed by atoms with van der Waals surface area (Å²) < 4.78 is 22.8. The van der Waals surface area contributed by atoms with Gasteiger partial charge in [-0.2, -0.15) is 0 Å². The summed E-state index contributed by atoms with van der Waals surface area (Å²) in [5.74, 6) is -1.34. The van der Waals surface area contributed by atoms with Gasteiger partial charge in [-0.1, -0.05) is 12.1 Å². The van der Waals surface area contributed by atoms with Gasteiger partial charge < -0.3 is 14.4 Å². The van der Waals surface area contributed by atoms with Crippen LogP contribution in [0, 0.1) is 11.7 Å². The van der Waals surface area contributed by atoms with Gasteiger partial charge in [0.15, 0.2) is 0 Å². The van der Waals surface area contributed by atoms with Crippen LogP contribution in [-0.2, 0) is 25.5 Å². The molecule has 1 aromatic carbocycles. The Morgan fingerprint density at radius 2 is 1.92 bits per heavy atom. The fourth-order valence-corrected chi connectivity index (χ4v) is 3.29. The number of ether oxygens (including phenoxy) is 2. The normalized spacial score (nSPS) is 19.7. The maximum Gasteiger partial charge on any atom is 0.409 e. The van der Waals surface area contributed by atoms with Crippen LogP contribution in [0.2, 0.25) is 0 Å². The number of hydrogen-bond acceptors (Lipinski definition) is 5. The van der Waals surface area contributed by atoms with Crippen molar-refractivity contribution in [3.8, 4) is 0 Å². The minimum atomic E-state index is -0.525. The van der Waals surface area contributed by atoms with Crippen molar-refractivity contribution in [1.29, 1.82) is 0 Å². The molecular formula is C19H24FNO5. The second-order valence-electron chi connectivity index (χ2n) is 6.32. The van der Waals surface area contributed by atoms with Crippen LogP contribution in [0.15, 0.2) is 24.3 Å². The molecule has 1 saturated heterocycles. The molecule has 0 aliphatic carbocycles. The Kier molecular flexibility index (Phi) is 7.12. The summed E-state index contributed by atoms with van der Waals surface area (Å²) in [7, 11) is 1.31. The standard InChI is InChI=1S/C19H24FNO5/c1-3-26-18(23)12-17(22)14-8-9-21(19(24)25-2)16(11-14)10-13-4-6-15(20)7-5-13/h4-7,14,16H,3,8-12H2,1-2H3/t14-,16+/m1/s1. The summed E-state index contributed by atoms with van der Waals surface area (Å²) >= 11 is 0. The Hall–Kier alpha value is -2.44. The Morgan fingerprint density at radius 1 is 1.23 bits per heavy atom. The fourth-order valence-electron chi connectivity index (χ4n) is 3.29. The van der Waals surface area contributed by atoms with Gasteiger partial charge >= 0.3 is 12.1 Å². The van der Waals surface area contributed by atoms with E-state index in [0.29, 0.717) is 25.8 Å². The van der Waals surface area contributed by atoms with Gasteiger partial charge in [0.2, 0.25) is 0 Å². The van der Waals surface area contributed by atoms with Crippen molar-refractivity contribution in [1.82, 2.24) is 4.90 Å². The van der Waals surface area contributed by atoms with Gasteiger partial charge in [-0.15, -0.1) is 0 Å². The topological polar surface area (TPSA) is 72.9 Å². The second kappa shape index (κ2) is 9.31. The summed E-state index contributed by atoms with van der Waals surface area (Å²) in [5, 5.41) is 0. The molecule has 0 aromatic heterocycles. The zero-order valence-electron chi connectivity index (χ0n) is 15.1. The molecule has 2 atom stereocenters. The highest BCUT2D eigenvalue weighted by molar-refractivity contribution is 5.96. The third-order valence-electron chi connectivity index (χ3n) is 4.59. The molecule has 0 unspecified atom stereocenters. The summed E-state index contributed by atoms with van der Waals surface area (Å²) in [5.41, 5.74) is 0.865. The van der Waals surface area contributed by atoms with Crippen molar-refractivity contribution in [3.63, 3.8) is 0 Å². The lowest BCUT2D eigenvalue weighted by atomic mass is 9.84. The number of esters is 1. The molecule has 1 aliphatic heterocycles. The van der Waals surface area contributed by atoms with Crippen LogP contribution in [0.25, 0.3) is 0 Å². The monoisotopic (exact) mass is 365 g/mol. The van der Waals surface area contributed by atoms with Crippen LogP contribution in [-0.4, -0.2) is 49.0 Å². The van der Waals surface area contributed by atoms with Gasteiger partial charge in [-0.05, 0) is 43.9 Å². The number of Topliss-reactive ketones (excluding diaryl/α,β-unsaturated/α-hetero) is 1. The van der Waals surface area contributed by atoms with Gasteiger partial charge in [0.1, 0.15) is 18.0 Å². The SMILES string of the molecule is CCOC(=O)CC(=O)[C@@H]1CCN(C(=O)OC)[C@@H](Cc2ccc(F)cc2)C1. The lowest BCUT2D eigenvalue weighted by Gasteiger charge is -2.38. The van der Waals surface area contributed by atoms with E-state index in [0.717, 1.165) is 5.56 Å². The summed E-state index contributed by atoms with van der Waals surface area (Å²) in [6.07, 6.45) is 0.699. The molecule has 1 heterocycles. The number of piperidine rings is 1. The molecule has 6 nitrogen and oxygen atoms in total. The van der Waals surface area contributed by atoms with Crippen LogP contribution in [0.3, 0.4) is 0 Å². The number of rotatable bonds is 6. The molecule has 1 aromatic rings. The highest BCUT2D eigenvalue weighted by Crippen LogP contribution is 2.28. The van der Waals surface area contributed by atoms with E-state index < -0.39 is 12.1 Å². The molecular weight excluding hydrogens is 341 g/mol. The van der Waals surface area contributed by atoms with E-state index in [1.807, 2.05) is 0 Å². The number of amides is 1. The largest absolute Gasteiger partial charge is 0.466 e. The number of carbonyl (C=O) groups excluding carboxylic acids is 3. The van der Waals surface area contributed by atoms with Crippen LogP contribution in [0.1, 0.15) is 31.7 Å². The molecule has 142 valence electrons. The smallest absolute Gasteiger partial charge is 0.409 e. The maximum atomic E-state index is 13.1. The average Bonchev–Trinajstić information content (AvgIpc) is 2.63. The molecule has 2 rings (SSSR count). The molecule has 1 fully saturated rings. The third-order valence-corrected chi connectivity index (χ3v) is 4.59. The number of likely N-dealkylation sites (tertiary alicyclic amines) is 1. The minimum absolute atomic E-state index is 0.169. The quantitative estimate of drug-likeness (QED) is 0.572. The van der Waals surface area contributed by atoms with Gasteiger partial charge in [-0.25, -0.2) is 9.18 Å². The van der Waals surface area contributed by atoms with Crippen LogP contribution in [0.4, 0.5) is 9.18 Å². The highest BCUT2D eigenvalue weighted by Gasteiger charge is 2.35. The summed E-state index contributed by atoms with van der Waals surface area (Å²) in [4.78, 5) is 37.6. The minimum Gasteiger partial charge on any atom is -0.466 e. The number of nitrogens with zero attached hydrogens (tertiary/aromatic N) is 1. The van der Waals surface area contributed by atoms with Crippen molar-refractivity contribution < 1.29 is 28.2 Å². The third kappa shape index (κ3) is 5.28. The van der Waals surface area contributed by atoms with Crippen molar-refractivity contribution >= 4 is 17.8 Å². The average molecular weight is 365 g/mol. The first-order chi connectivity index (χ1) is 12.4.